The third-order valence-corrected chi connectivity index (χ3v) is 3.02. The second-order valence-corrected chi connectivity index (χ2v) is 5.82. The van der Waals surface area contributed by atoms with Gasteiger partial charge < -0.3 is 26.7 Å². The molecule has 0 unspecified atom stereocenters. The van der Waals surface area contributed by atoms with Crippen LogP contribution < -0.4 is 12.4 Å². The Hall–Kier alpha value is -0.160. The number of hydrogen-bond donors (Lipinski definition) is 0. The van der Waals surface area contributed by atoms with Crippen molar-refractivity contribution in [2.45, 2.75) is 12.8 Å². The van der Waals surface area contributed by atoms with Gasteiger partial charge in [-0.25, -0.2) is 0 Å². The Bertz CT molecular complexity index is 210. The lowest BCUT2D eigenvalue weighted by Gasteiger charge is -2.28. The highest BCUT2D eigenvalue weighted by Gasteiger charge is 2.13. The van der Waals surface area contributed by atoms with Crippen molar-refractivity contribution in [3.05, 3.63) is 0 Å². The molecule has 0 spiro atoms. The Kier molecular flexibility index (Phi) is 12.0. The van der Waals surface area contributed by atoms with Crippen molar-refractivity contribution >= 4 is 6.29 Å². The molecule has 0 N–H and O–H groups in total. The van der Waals surface area contributed by atoms with Gasteiger partial charge in [-0.2, -0.15) is 0 Å². The Labute approximate surface area is 119 Å². The second-order valence-electron chi connectivity index (χ2n) is 5.82. The van der Waals surface area contributed by atoms with Crippen LogP contribution in [0.2, 0.25) is 0 Å². The van der Waals surface area contributed by atoms with Crippen LogP contribution in [0.25, 0.3) is 0 Å². The third kappa shape index (κ3) is 12.3. The van der Waals surface area contributed by atoms with Crippen LogP contribution >= 0.6 is 0 Å². The fourth-order valence-corrected chi connectivity index (χ4v) is 1.83. The number of carbonyl (C=O) groups is 1. The van der Waals surface area contributed by atoms with Crippen LogP contribution in [0.4, 0.5) is 0 Å². The molecule has 0 aliphatic heterocycles. The van der Waals surface area contributed by atoms with Gasteiger partial charge in [0.25, 0.3) is 0 Å². The molecule has 0 aromatic carbocycles. The van der Waals surface area contributed by atoms with Crippen LogP contribution in [0.1, 0.15) is 12.8 Å². The maximum absolute atomic E-state index is 10.5. The van der Waals surface area contributed by atoms with E-state index < -0.39 is 0 Å². The molecule has 0 aliphatic rings. The van der Waals surface area contributed by atoms with Gasteiger partial charge in [-0.15, -0.1) is 0 Å². The molecule has 0 saturated heterocycles. The summed E-state index contributed by atoms with van der Waals surface area (Å²) < 4.78 is 0.801. The molecular formula is C13H30ClN3O. The van der Waals surface area contributed by atoms with E-state index in [1.807, 2.05) is 0 Å². The number of likely N-dealkylation sites (N-methyl/N-ethyl adjacent to an activating group) is 1. The van der Waals surface area contributed by atoms with Crippen molar-refractivity contribution in [1.29, 1.82) is 0 Å². The predicted molar refractivity (Wildman–Crippen MR) is 73.2 cm³/mol. The Morgan fingerprint density at radius 1 is 1.00 bits per heavy atom. The molecule has 0 fully saturated rings. The van der Waals surface area contributed by atoms with Crippen molar-refractivity contribution in [1.82, 2.24) is 9.80 Å². The van der Waals surface area contributed by atoms with E-state index in [-0.39, 0.29) is 12.4 Å². The molecule has 0 heterocycles. The van der Waals surface area contributed by atoms with Crippen molar-refractivity contribution in [2.24, 2.45) is 0 Å². The third-order valence-electron chi connectivity index (χ3n) is 3.02. The first-order valence-corrected chi connectivity index (χ1v) is 6.46. The number of aldehydes is 1. The molecule has 0 saturated carbocycles. The molecule has 0 rings (SSSR count). The normalized spacial score (nSPS) is 11.7. The summed E-state index contributed by atoms with van der Waals surface area (Å²) in [4.78, 5) is 15.1. The van der Waals surface area contributed by atoms with E-state index in [4.69, 9.17) is 0 Å². The summed E-state index contributed by atoms with van der Waals surface area (Å²) in [6.45, 7) is 5.10. The molecule has 0 radical (unpaired) electrons. The van der Waals surface area contributed by atoms with Crippen molar-refractivity contribution in [3.63, 3.8) is 0 Å². The summed E-state index contributed by atoms with van der Waals surface area (Å²) in [5, 5.41) is 0. The van der Waals surface area contributed by atoms with Gasteiger partial charge in [-0.05, 0) is 40.7 Å². The van der Waals surface area contributed by atoms with Crippen molar-refractivity contribution < 1.29 is 21.7 Å². The zero-order valence-electron chi connectivity index (χ0n) is 12.7. The summed E-state index contributed by atoms with van der Waals surface area (Å²) in [5.41, 5.74) is 0. The van der Waals surface area contributed by atoms with Gasteiger partial charge in [-0.3, -0.25) is 4.79 Å². The molecular weight excluding hydrogens is 250 g/mol. The van der Waals surface area contributed by atoms with E-state index in [2.05, 4.69) is 45.0 Å². The van der Waals surface area contributed by atoms with Crippen LogP contribution in [0, 0.1) is 0 Å². The number of nitrogens with zero attached hydrogens (tertiary/aromatic N) is 3. The predicted octanol–water partition coefficient (Wildman–Crippen LogP) is -2.46. The summed E-state index contributed by atoms with van der Waals surface area (Å²) in [5.74, 6) is 0. The minimum Gasteiger partial charge on any atom is -1.00 e. The standard InChI is InChI=1S/C13H30N3O.ClH/c1-14(2)8-6-9-15(3)10-7-11-16(4,5)12-13-17;/h13H,6-12H2,1-5H3;1H/q+1;/p-1. The number of hydrogen-bond acceptors (Lipinski definition) is 3. The van der Waals surface area contributed by atoms with E-state index in [0.717, 1.165) is 43.4 Å². The number of halogens is 1. The molecule has 5 heteroatoms. The molecule has 0 atom stereocenters. The van der Waals surface area contributed by atoms with Gasteiger partial charge in [0.2, 0.25) is 0 Å². The molecule has 0 bridgehead atoms. The maximum Gasteiger partial charge on any atom is 0.174 e. The first kappa shape index (κ1) is 20.2. The molecule has 0 amide bonds. The van der Waals surface area contributed by atoms with Gasteiger partial charge in [0.05, 0.1) is 20.6 Å². The fourth-order valence-electron chi connectivity index (χ4n) is 1.83. The number of quaternary nitrogens is 1. The molecule has 0 aromatic heterocycles. The second kappa shape index (κ2) is 10.7. The van der Waals surface area contributed by atoms with E-state index >= 15 is 0 Å². The lowest BCUT2D eigenvalue weighted by atomic mass is 10.3. The Balaban J connectivity index is 0. The van der Waals surface area contributed by atoms with Crippen LogP contribution in [-0.2, 0) is 4.79 Å². The fraction of sp³-hybridized carbons (Fsp3) is 0.923. The quantitative estimate of drug-likeness (QED) is 0.327. The van der Waals surface area contributed by atoms with Crippen LogP contribution in [0.3, 0.4) is 0 Å². The van der Waals surface area contributed by atoms with Gasteiger partial charge in [0.15, 0.2) is 6.29 Å². The van der Waals surface area contributed by atoms with Crippen LogP contribution in [0.5, 0.6) is 0 Å². The molecule has 0 aromatic rings. The molecule has 4 nitrogen and oxygen atoms in total. The van der Waals surface area contributed by atoms with Gasteiger partial charge >= 0.3 is 0 Å². The molecule has 0 aliphatic carbocycles. The van der Waals surface area contributed by atoms with Gasteiger partial charge in [-0.1, -0.05) is 0 Å². The molecule has 18 heavy (non-hydrogen) atoms. The minimum absolute atomic E-state index is 0. The van der Waals surface area contributed by atoms with Crippen molar-refractivity contribution in [2.75, 3.05) is 68.0 Å². The lowest BCUT2D eigenvalue weighted by Crippen LogP contribution is -3.00. The topological polar surface area (TPSA) is 23.6 Å². The van der Waals surface area contributed by atoms with Crippen LogP contribution in [0.15, 0.2) is 0 Å². The van der Waals surface area contributed by atoms with Crippen molar-refractivity contribution in [3.8, 4) is 0 Å². The van der Waals surface area contributed by atoms with Gasteiger partial charge in [0.1, 0.15) is 6.54 Å². The first-order chi connectivity index (χ1) is 7.87. The summed E-state index contributed by atoms with van der Waals surface area (Å²) in [7, 11) is 10.6. The highest BCUT2D eigenvalue weighted by Crippen LogP contribution is 1.99. The van der Waals surface area contributed by atoms with Gasteiger partial charge in [0, 0.05) is 13.0 Å². The smallest absolute Gasteiger partial charge is 0.174 e. The Morgan fingerprint density at radius 2 is 1.56 bits per heavy atom. The minimum atomic E-state index is 0. The van der Waals surface area contributed by atoms with E-state index in [1.165, 1.54) is 6.42 Å². The average molecular weight is 280 g/mol. The summed E-state index contributed by atoms with van der Waals surface area (Å²) >= 11 is 0. The lowest BCUT2D eigenvalue weighted by molar-refractivity contribution is -0.881. The summed E-state index contributed by atoms with van der Waals surface area (Å²) in [6, 6.07) is 0. The van der Waals surface area contributed by atoms with Crippen LogP contribution in [-0.4, -0.2) is 88.5 Å². The number of rotatable bonds is 10. The Morgan fingerprint density at radius 3 is 2.06 bits per heavy atom. The largest absolute Gasteiger partial charge is 1.00 e. The average Bonchev–Trinajstić information content (AvgIpc) is 2.16. The monoisotopic (exact) mass is 279 g/mol. The first-order valence-electron chi connectivity index (χ1n) is 6.46. The summed E-state index contributed by atoms with van der Waals surface area (Å²) in [6.07, 6.45) is 3.39. The van der Waals surface area contributed by atoms with E-state index in [1.54, 1.807) is 0 Å². The highest BCUT2D eigenvalue weighted by atomic mass is 35.5. The zero-order chi connectivity index (χ0) is 13.3. The SMILES string of the molecule is CN(C)CCCN(C)CCC[N+](C)(C)CC=O.[Cl-]. The highest BCUT2D eigenvalue weighted by molar-refractivity contribution is 5.50. The zero-order valence-corrected chi connectivity index (χ0v) is 13.4. The van der Waals surface area contributed by atoms with E-state index in [0.29, 0.717) is 6.54 Å². The molecule has 110 valence electrons. The van der Waals surface area contributed by atoms with E-state index in [9.17, 15) is 4.79 Å². The maximum atomic E-state index is 10.5. The number of carbonyl (C=O) groups excluding carboxylic acids is 1.